The number of nitrogens with zero attached hydrogens (tertiary/aromatic N) is 4. The molecule has 0 aliphatic carbocycles. The Morgan fingerprint density at radius 1 is 1.00 bits per heavy atom. The molecule has 6 nitrogen and oxygen atoms in total. The minimum atomic E-state index is -0.606. The fourth-order valence-electron chi connectivity index (χ4n) is 3.53. The van der Waals surface area contributed by atoms with Gasteiger partial charge in [0.05, 0.1) is 26.6 Å². The second kappa shape index (κ2) is 9.13. The molecule has 0 spiro atoms. The molecule has 152 valence electrons. The van der Waals surface area contributed by atoms with Crippen molar-refractivity contribution in [2.45, 2.75) is 6.10 Å². The van der Waals surface area contributed by atoms with Gasteiger partial charge in [0.1, 0.15) is 19.0 Å². The molecule has 1 saturated heterocycles. The highest BCUT2D eigenvalue weighted by molar-refractivity contribution is 6.43. The van der Waals surface area contributed by atoms with Crippen LogP contribution in [0.15, 0.2) is 48.8 Å². The van der Waals surface area contributed by atoms with Gasteiger partial charge in [-0.05, 0) is 24.3 Å². The number of hydrogen-bond donors (Lipinski definition) is 1. The maximum Gasteiger partial charge on any atom is 0.224 e. The summed E-state index contributed by atoms with van der Waals surface area (Å²) in [6.45, 7) is 4.03. The summed E-state index contributed by atoms with van der Waals surface area (Å²) in [4.78, 5) is 12.9. The number of rotatable bonds is 6. The van der Waals surface area contributed by atoms with Crippen LogP contribution in [0, 0.1) is 0 Å². The Bertz CT molecular complexity index is 975. The molecule has 3 aromatic rings. The third-order valence-corrected chi connectivity index (χ3v) is 5.84. The molecule has 8 heteroatoms. The summed E-state index contributed by atoms with van der Waals surface area (Å²) in [5.41, 5.74) is 1.78. The van der Waals surface area contributed by atoms with Crippen LogP contribution in [-0.4, -0.2) is 65.4 Å². The largest absolute Gasteiger partial charge is 0.474 e. The van der Waals surface area contributed by atoms with Crippen molar-refractivity contribution in [1.29, 1.82) is 0 Å². The van der Waals surface area contributed by atoms with Crippen LogP contribution in [0.3, 0.4) is 0 Å². The summed E-state index contributed by atoms with van der Waals surface area (Å²) >= 11 is 12.5. The number of β-amino-alcohol motifs (C(OH)–C–C–N with tert-alkyl or cyclic N) is 1. The lowest BCUT2D eigenvalue weighted by molar-refractivity contribution is 0.0652. The summed E-state index contributed by atoms with van der Waals surface area (Å²) in [7, 11) is 0. The minimum absolute atomic E-state index is 0.182. The van der Waals surface area contributed by atoms with E-state index in [9.17, 15) is 5.11 Å². The third-order valence-electron chi connectivity index (χ3n) is 5.03. The smallest absolute Gasteiger partial charge is 0.224 e. The van der Waals surface area contributed by atoms with E-state index < -0.39 is 6.10 Å². The Hall–Kier alpha value is -2.12. The predicted octanol–water partition coefficient (Wildman–Crippen LogP) is 3.50. The van der Waals surface area contributed by atoms with Gasteiger partial charge in [0.2, 0.25) is 5.88 Å². The molecular formula is C21H22Cl2N4O2. The Morgan fingerprint density at radius 3 is 2.62 bits per heavy atom. The lowest BCUT2D eigenvalue weighted by Gasteiger charge is -2.37. The zero-order valence-corrected chi connectivity index (χ0v) is 17.4. The summed E-state index contributed by atoms with van der Waals surface area (Å²) in [6, 6.07) is 13.3. The average molecular weight is 433 g/mol. The highest BCUT2D eigenvalue weighted by Gasteiger charge is 2.22. The zero-order valence-electron chi connectivity index (χ0n) is 15.8. The highest BCUT2D eigenvalue weighted by atomic mass is 35.5. The van der Waals surface area contributed by atoms with Crippen molar-refractivity contribution in [3.05, 3.63) is 58.8 Å². The van der Waals surface area contributed by atoms with Crippen molar-refractivity contribution < 1.29 is 9.84 Å². The number of anilines is 1. The van der Waals surface area contributed by atoms with E-state index in [0.29, 0.717) is 22.5 Å². The van der Waals surface area contributed by atoms with Crippen molar-refractivity contribution in [2.24, 2.45) is 0 Å². The summed E-state index contributed by atoms with van der Waals surface area (Å²) in [5, 5.41) is 12.4. The molecule has 0 amide bonds. The Kier molecular flexibility index (Phi) is 6.35. The number of piperazine rings is 1. The van der Waals surface area contributed by atoms with Crippen LogP contribution >= 0.6 is 23.2 Å². The normalized spacial score (nSPS) is 16.2. The van der Waals surface area contributed by atoms with Gasteiger partial charge < -0.3 is 14.7 Å². The number of aromatic nitrogens is 2. The summed E-state index contributed by atoms with van der Waals surface area (Å²) in [5.74, 6) is 0.495. The van der Waals surface area contributed by atoms with Gasteiger partial charge >= 0.3 is 0 Å². The Labute approximate surface area is 179 Å². The number of ether oxygens (including phenoxy) is 1. The van der Waals surface area contributed by atoms with E-state index in [1.54, 1.807) is 6.07 Å². The number of aliphatic hydroxyl groups is 1. The van der Waals surface area contributed by atoms with Gasteiger partial charge in [-0.25, -0.2) is 9.97 Å². The van der Waals surface area contributed by atoms with Gasteiger partial charge in [0.15, 0.2) is 0 Å². The van der Waals surface area contributed by atoms with Crippen LogP contribution in [0.2, 0.25) is 10.0 Å². The molecule has 1 aliphatic rings. The van der Waals surface area contributed by atoms with E-state index in [2.05, 4.69) is 19.8 Å². The minimum Gasteiger partial charge on any atom is -0.474 e. The quantitative estimate of drug-likeness (QED) is 0.642. The van der Waals surface area contributed by atoms with Gasteiger partial charge in [0, 0.05) is 32.7 Å². The van der Waals surface area contributed by atoms with Gasteiger partial charge in [-0.15, -0.1) is 0 Å². The molecule has 1 aliphatic heterocycles. The first kappa shape index (κ1) is 20.2. The van der Waals surface area contributed by atoms with Crippen molar-refractivity contribution in [1.82, 2.24) is 14.9 Å². The molecule has 1 aromatic heterocycles. The zero-order chi connectivity index (χ0) is 20.2. The SMILES string of the molecule is OC(COc1ncnc2ccccc12)CN1CCN(c2cccc(Cl)c2Cl)CC1. The highest BCUT2D eigenvalue weighted by Crippen LogP contribution is 2.32. The van der Waals surface area contributed by atoms with E-state index in [-0.39, 0.29) is 6.61 Å². The van der Waals surface area contributed by atoms with Crippen LogP contribution in [0.5, 0.6) is 5.88 Å². The third kappa shape index (κ3) is 4.73. The van der Waals surface area contributed by atoms with Crippen molar-refractivity contribution >= 4 is 39.8 Å². The van der Waals surface area contributed by atoms with Crippen molar-refractivity contribution in [3.63, 3.8) is 0 Å². The molecule has 0 radical (unpaired) electrons. The lowest BCUT2D eigenvalue weighted by atomic mass is 10.2. The number of para-hydroxylation sites is 1. The molecular weight excluding hydrogens is 411 g/mol. The second-order valence-electron chi connectivity index (χ2n) is 7.02. The van der Waals surface area contributed by atoms with Crippen LogP contribution in [0.1, 0.15) is 0 Å². The van der Waals surface area contributed by atoms with Crippen LogP contribution in [-0.2, 0) is 0 Å². The van der Waals surface area contributed by atoms with Gasteiger partial charge in [-0.3, -0.25) is 4.90 Å². The van der Waals surface area contributed by atoms with Crippen molar-refractivity contribution in [3.8, 4) is 5.88 Å². The van der Waals surface area contributed by atoms with E-state index in [4.69, 9.17) is 27.9 Å². The number of halogens is 2. The number of hydrogen-bond acceptors (Lipinski definition) is 6. The molecule has 0 saturated carbocycles. The van der Waals surface area contributed by atoms with Crippen LogP contribution in [0.4, 0.5) is 5.69 Å². The molecule has 1 unspecified atom stereocenters. The fraction of sp³-hybridized carbons (Fsp3) is 0.333. The summed E-state index contributed by atoms with van der Waals surface area (Å²) in [6.07, 6.45) is 0.870. The topological polar surface area (TPSA) is 61.7 Å². The number of benzene rings is 2. The molecule has 2 heterocycles. The lowest BCUT2D eigenvalue weighted by Crippen LogP contribution is -2.49. The fourth-order valence-corrected chi connectivity index (χ4v) is 3.94. The number of fused-ring (bicyclic) bond motifs is 1. The molecule has 2 aromatic carbocycles. The first-order valence-corrected chi connectivity index (χ1v) is 10.3. The van der Waals surface area contributed by atoms with Gasteiger partial charge in [0.25, 0.3) is 0 Å². The molecule has 4 rings (SSSR count). The maximum absolute atomic E-state index is 10.4. The standard InChI is InChI=1S/C21H22Cl2N4O2/c22-17-5-3-7-19(20(17)23)27-10-8-26(9-11-27)12-15(28)13-29-21-16-4-1-2-6-18(16)24-14-25-21/h1-7,14-15,28H,8-13H2. The second-order valence-corrected chi connectivity index (χ2v) is 7.81. The molecule has 1 atom stereocenters. The molecule has 1 fully saturated rings. The van der Waals surface area contributed by atoms with Crippen LogP contribution in [0.25, 0.3) is 10.9 Å². The van der Waals surface area contributed by atoms with E-state index in [1.807, 2.05) is 36.4 Å². The Balaban J connectivity index is 1.29. The molecule has 1 N–H and O–H groups in total. The monoisotopic (exact) mass is 432 g/mol. The first-order valence-electron chi connectivity index (χ1n) is 9.54. The van der Waals surface area contributed by atoms with Gasteiger partial charge in [-0.2, -0.15) is 0 Å². The van der Waals surface area contributed by atoms with E-state index >= 15 is 0 Å². The molecule has 29 heavy (non-hydrogen) atoms. The number of aliphatic hydroxyl groups excluding tert-OH is 1. The van der Waals surface area contributed by atoms with E-state index in [1.165, 1.54) is 6.33 Å². The van der Waals surface area contributed by atoms with Crippen molar-refractivity contribution in [2.75, 3.05) is 44.2 Å². The predicted molar refractivity (Wildman–Crippen MR) is 116 cm³/mol. The maximum atomic E-state index is 10.4. The van der Waals surface area contributed by atoms with E-state index in [0.717, 1.165) is 42.8 Å². The van der Waals surface area contributed by atoms with Crippen LogP contribution < -0.4 is 9.64 Å². The Morgan fingerprint density at radius 2 is 1.79 bits per heavy atom. The average Bonchev–Trinajstić information content (AvgIpc) is 2.75. The summed E-state index contributed by atoms with van der Waals surface area (Å²) < 4.78 is 5.77. The molecule has 0 bridgehead atoms. The first-order chi connectivity index (χ1) is 14.1. The van der Waals surface area contributed by atoms with Gasteiger partial charge in [-0.1, -0.05) is 41.4 Å².